The molecule has 31 heavy (non-hydrogen) atoms. The van der Waals surface area contributed by atoms with Crippen LogP contribution in [0.3, 0.4) is 0 Å². The Kier molecular flexibility index (Phi) is 5.57. The standard InChI is InChI=1S/C24H17ClFNO4/c1-31-19-12-4-15(5-13-19)22(28)20-21(14-2-8-17(26)9-3-14)27(24(30)23(20)29)18-10-6-16(25)7-11-18/h2-13,20-21H,1H3. The lowest BCUT2D eigenvalue weighted by Crippen LogP contribution is -2.30. The van der Waals surface area contributed by atoms with E-state index in [4.69, 9.17) is 16.3 Å². The van der Waals surface area contributed by atoms with E-state index < -0.39 is 35.3 Å². The van der Waals surface area contributed by atoms with E-state index in [0.29, 0.717) is 22.0 Å². The molecule has 4 rings (SSSR count). The number of rotatable bonds is 5. The van der Waals surface area contributed by atoms with Crippen molar-refractivity contribution in [3.63, 3.8) is 0 Å². The molecule has 0 radical (unpaired) electrons. The van der Waals surface area contributed by atoms with Crippen LogP contribution in [0.15, 0.2) is 72.8 Å². The van der Waals surface area contributed by atoms with E-state index in [-0.39, 0.29) is 5.56 Å². The summed E-state index contributed by atoms with van der Waals surface area (Å²) in [5, 5.41) is 0.464. The number of ketones is 2. The minimum Gasteiger partial charge on any atom is -0.497 e. The second-order valence-electron chi connectivity index (χ2n) is 7.08. The van der Waals surface area contributed by atoms with Gasteiger partial charge in [0.05, 0.1) is 13.2 Å². The van der Waals surface area contributed by atoms with Crippen LogP contribution in [0.4, 0.5) is 10.1 Å². The number of Topliss-reactive ketones (excluding diaryl/α,β-unsaturated/α-hetero) is 2. The molecule has 1 aliphatic rings. The van der Waals surface area contributed by atoms with E-state index in [1.807, 2.05) is 0 Å². The maximum absolute atomic E-state index is 13.5. The monoisotopic (exact) mass is 437 g/mol. The van der Waals surface area contributed by atoms with Crippen molar-refractivity contribution in [2.75, 3.05) is 12.0 Å². The number of anilines is 1. The molecule has 0 spiro atoms. The van der Waals surface area contributed by atoms with E-state index in [9.17, 15) is 18.8 Å². The van der Waals surface area contributed by atoms with Crippen molar-refractivity contribution in [3.8, 4) is 5.75 Å². The predicted octanol–water partition coefficient (Wildman–Crippen LogP) is 4.64. The first-order valence-electron chi connectivity index (χ1n) is 9.47. The zero-order valence-electron chi connectivity index (χ0n) is 16.4. The van der Waals surface area contributed by atoms with Crippen LogP contribution >= 0.6 is 11.6 Å². The van der Waals surface area contributed by atoms with Gasteiger partial charge in [0, 0.05) is 16.3 Å². The number of amides is 1. The second-order valence-corrected chi connectivity index (χ2v) is 7.52. The first kappa shape index (κ1) is 20.8. The van der Waals surface area contributed by atoms with Crippen molar-refractivity contribution in [3.05, 3.63) is 94.8 Å². The highest BCUT2D eigenvalue weighted by Gasteiger charge is 2.52. The highest BCUT2D eigenvalue weighted by atomic mass is 35.5. The lowest BCUT2D eigenvalue weighted by atomic mass is 9.86. The van der Waals surface area contributed by atoms with Gasteiger partial charge in [-0.2, -0.15) is 0 Å². The summed E-state index contributed by atoms with van der Waals surface area (Å²) in [4.78, 5) is 40.6. The molecule has 2 unspecified atom stereocenters. The van der Waals surface area contributed by atoms with Gasteiger partial charge in [-0.25, -0.2) is 4.39 Å². The highest BCUT2D eigenvalue weighted by Crippen LogP contribution is 2.41. The number of hydrogen-bond donors (Lipinski definition) is 0. The molecule has 156 valence electrons. The predicted molar refractivity (Wildman–Crippen MR) is 114 cm³/mol. The van der Waals surface area contributed by atoms with E-state index in [0.717, 1.165) is 0 Å². The van der Waals surface area contributed by atoms with Crippen LogP contribution in [0, 0.1) is 11.7 Å². The van der Waals surface area contributed by atoms with Gasteiger partial charge in [-0.3, -0.25) is 19.3 Å². The van der Waals surface area contributed by atoms with Gasteiger partial charge in [-0.1, -0.05) is 23.7 Å². The van der Waals surface area contributed by atoms with Crippen LogP contribution in [0.2, 0.25) is 5.02 Å². The van der Waals surface area contributed by atoms with Crippen molar-refractivity contribution in [1.29, 1.82) is 0 Å². The smallest absolute Gasteiger partial charge is 0.295 e. The van der Waals surface area contributed by atoms with Gasteiger partial charge in [-0.05, 0) is 66.2 Å². The number of carbonyl (C=O) groups is 3. The van der Waals surface area contributed by atoms with Gasteiger partial charge in [0.15, 0.2) is 5.78 Å². The Labute approximate surface area is 183 Å². The minimum atomic E-state index is -1.28. The summed E-state index contributed by atoms with van der Waals surface area (Å²) >= 11 is 5.96. The molecule has 0 saturated carbocycles. The third-order valence-corrected chi connectivity index (χ3v) is 5.53. The molecule has 3 aromatic carbocycles. The minimum absolute atomic E-state index is 0.275. The lowest BCUT2D eigenvalue weighted by molar-refractivity contribution is -0.135. The molecular formula is C24H17ClFNO4. The molecule has 0 aromatic heterocycles. The molecule has 0 bridgehead atoms. The van der Waals surface area contributed by atoms with Gasteiger partial charge in [0.2, 0.25) is 5.78 Å². The average molecular weight is 438 g/mol. The molecule has 5 nitrogen and oxygen atoms in total. The summed E-state index contributed by atoms with van der Waals surface area (Å²) in [6.45, 7) is 0. The van der Waals surface area contributed by atoms with Gasteiger partial charge < -0.3 is 4.74 Å². The van der Waals surface area contributed by atoms with Crippen molar-refractivity contribution in [1.82, 2.24) is 0 Å². The van der Waals surface area contributed by atoms with Crippen molar-refractivity contribution < 1.29 is 23.5 Å². The molecule has 1 amide bonds. The number of hydrogen-bond acceptors (Lipinski definition) is 4. The fourth-order valence-corrected chi connectivity index (χ4v) is 3.87. The maximum atomic E-state index is 13.5. The Balaban J connectivity index is 1.82. The van der Waals surface area contributed by atoms with Crippen LogP contribution in [-0.2, 0) is 9.59 Å². The quantitative estimate of drug-likeness (QED) is 0.331. The molecule has 1 heterocycles. The SMILES string of the molecule is COc1ccc(C(=O)C2C(=O)C(=O)N(c3ccc(Cl)cc3)C2c2ccc(F)cc2)cc1. The van der Waals surface area contributed by atoms with E-state index >= 15 is 0 Å². The van der Waals surface area contributed by atoms with Crippen molar-refractivity contribution >= 4 is 34.8 Å². The number of carbonyl (C=O) groups excluding carboxylic acids is 3. The van der Waals surface area contributed by atoms with Crippen LogP contribution in [0.25, 0.3) is 0 Å². The van der Waals surface area contributed by atoms with Gasteiger partial charge in [-0.15, -0.1) is 0 Å². The summed E-state index contributed by atoms with van der Waals surface area (Å²) in [6.07, 6.45) is 0. The Bertz CT molecular complexity index is 1140. The zero-order chi connectivity index (χ0) is 22.1. The van der Waals surface area contributed by atoms with Crippen molar-refractivity contribution in [2.24, 2.45) is 5.92 Å². The summed E-state index contributed by atoms with van der Waals surface area (Å²) in [5.74, 6) is -3.29. The number of nitrogens with zero attached hydrogens (tertiary/aromatic N) is 1. The summed E-state index contributed by atoms with van der Waals surface area (Å²) < 4.78 is 18.7. The summed E-state index contributed by atoms with van der Waals surface area (Å²) in [5.41, 5.74) is 1.17. The van der Waals surface area contributed by atoms with E-state index in [1.54, 1.807) is 48.5 Å². The number of halogens is 2. The maximum Gasteiger partial charge on any atom is 0.295 e. The normalized spacial score (nSPS) is 18.4. The lowest BCUT2D eigenvalue weighted by Gasteiger charge is -2.27. The van der Waals surface area contributed by atoms with Crippen LogP contribution in [0.1, 0.15) is 22.0 Å². The Morgan fingerprint density at radius 2 is 1.55 bits per heavy atom. The molecule has 1 aliphatic heterocycles. The van der Waals surface area contributed by atoms with Gasteiger partial charge in [0.1, 0.15) is 17.5 Å². The molecule has 3 aromatic rings. The van der Waals surface area contributed by atoms with Crippen LogP contribution < -0.4 is 9.64 Å². The van der Waals surface area contributed by atoms with Gasteiger partial charge in [0.25, 0.3) is 5.91 Å². The Hall–Kier alpha value is -3.51. The number of benzene rings is 3. The average Bonchev–Trinajstić information content (AvgIpc) is 3.05. The van der Waals surface area contributed by atoms with Gasteiger partial charge >= 0.3 is 0 Å². The molecule has 2 atom stereocenters. The third-order valence-electron chi connectivity index (χ3n) is 5.28. The molecule has 0 aliphatic carbocycles. The van der Waals surface area contributed by atoms with Crippen molar-refractivity contribution in [2.45, 2.75) is 6.04 Å². The first-order valence-corrected chi connectivity index (χ1v) is 9.85. The third kappa shape index (κ3) is 3.82. The highest BCUT2D eigenvalue weighted by molar-refractivity contribution is 6.49. The zero-order valence-corrected chi connectivity index (χ0v) is 17.2. The fraction of sp³-hybridized carbons (Fsp3) is 0.125. The molecule has 0 N–H and O–H groups in total. The summed E-state index contributed by atoms with van der Waals surface area (Å²) in [7, 11) is 1.50. The largest absolute Gasteiger partial charge is 0.497 e. The Morgan fingerprint density at radius 3 is 2.13 bits per heavy atom. The number of methoxy groups -OCH3 is 1. The topological polar surface area (TPSA) is 63.7 Å². The van der Waals surface area contributed by atoms with E-state index in [1.165, 1.54) is 36.3 Å². The van der Waals surface area contributed by atoms with Crippen LogP contribution in [0.5, 0.6) is 5.75 Å². The van der Waals surface area contributed by atoms with E-state index in [2.05, 4.69) is 0 Å². The molecule has 1 fully saturated rings. The Morgan fingerprint density at radius 1 is 0.935 bits per heavy atom. The molecular weight excluding hydrogens is 421 g/mol. The number of ether oxygens (including phenoxy) is 1. The molecule has 1 saturated heterocycles. The summed E-state index contributed by atoms with van der Waals surface area (Å²) in [6, 6.07) is 17.2. The first-order chi connectivity index (χ1) is 14.9. The molecule has 7 heteroatoms. The fourth-order valence-electron chi connectivity index (χ4n) is 3.75. The second kappa shape index (κ2) is 8.32. The van der Waals surface area contributed by atoms with Crippen LogP contribution in [-0.4, -0.2) is 24.6 Å².